The van der Waals surface area contributed by atoms with Gasteiger partial charge in [0.2, 0.25) is 0 Å². The number of ketones is 2. The lowest BCUT2D eigenvalue weighted by Crippen LogP contribution is -2.17. The van der Waals surface area contributed by atoms with Crippen molar-refractivity contribution in [3.8, 4) is 0 Å². The fourth-order valence-electron chi connectivity index (χ4n) is 1.65. The van der Waals surface area contributed by atoms with E-state index < -0.39 is 0 Å². The van der Waals surface area contributed by atoms with E-state index in [4.69, 9.17) is 10.5 Å². The molecule has 0 heterocycles. The summed E-state index contributed by atoms with van der Waals surface area (Å²) in [5, 5.41) is 0. The molecule has 0 aliphatic rings. The first-order chi connectivity index (χ1) is 9.03. The van der Waals surface area contributed by atoms with Crippen molar-refractivity contribution in [2.75, 3.05) is 6.54 Å². The third-order valence-electron chi connectivity index (χ3n) is 2.93. The Balaban J connectivity index is 3.77. The first-order valence-corrected chi connectivity index (χ1v) is 6.96. The number of hydrogen-bond donors (Lipinski definition) is 1. The molecule has 0 radical (unpaired) electrons. The molecule has 2 N–H and O–H groups in total. The second-order valence-corrected chi connectivity index (χ2v) is 4.55. The molecule has 0 saturated carbocycles. The van der Waals surface area contributed by atoms with Gasteiger partial charge in [0.1, 0.15) is 17.7 Å². The van der Waals surface area contributed by atoms with Crippen molar-refractivity contribution in [1.29, 1.82) is 0 Å². The number of rotatable bonds is 11. The zero-order valence-corrected chi connectivity index (χ0v) is 11.9. The van der Waals surface area contributed by atoms with Crippen molar-refractivity contribution in [3.63, 3.8) is 0 Å². The Labute approximate surface area is 114 Å². The molecule has 0 amide bonds. The first kappa shape index (κ1) is 17.8. The molecule has 1 atom stereocenters. The summed E-state index contributed by atoms with van der Waals surface area (Å²) in [6.45, 7) is 3.71. The standard InChI is InChI=1S/C14H25NO4/c1-3-13(19-14(18)4-2)7-5-6-11(16)8-9-12(17)10-15/h13H,3-10,15H2,1-2H3. The summed E-state index contributed by atoms with van der Waals surface area (Å²) in [5.41, 5.74) is 5.17. The van der Waals surface area contributed by atoms with Crippen LogP contribution in [-0.4, -0.2) is 30.2 Å². The Morgan fingerprint density at radius 1 is 1.05 bits per heavy atom. The lowest BCUT2D eigenvalue weighted by molar-refractivity contribution is -0.149. The minimum absolute atomic E-state index is 0.00183. The molecule has 19 heavy (non-hydrogen) atoms. The van der Waals surface area contributed by atoms with Crippen LogP contribution in [0.25, 0.3) is 0 Å². The molecule has 0 aliphatic heterocycles. The van der Waals surface area contributed by atoms with Crippen LogP contribution in [0.2, 0.25) is 0 Å². The van der Waals surface area contributed by atoms with Crippen molar-refractivity contribution in [2.24, 2.45) is 5.73 Å². The van der Waals surface area contributed by atoms with Crippen LogP contribution in [0, 0.1) is 0 Å². The maximum atomic E-state index is 11.5. The van der Waals surface area contributed by atoms with Crippen LogP contribution in [-0.2, 0) is 19.1 Å². The molecule has 0 aromatic heterocycles. The second kappa shape index (κ2) is 10.7. The molecule has 0 rings (SSSR count). The van der Waals surface area contributed by atoms with E-state index in [0.29, 0.717) is 25.7 Å². The Morgan fingerprint density at radius 3 is 2.21 bits per heavy atom. The van der Waals surface area contributed by atoms with Crippen molar-refractivity contribution < 1.29 is 19.1 Å². The third-order valence-corrected chi connectivity index (χ3v) is 2.93. The summed E-state index contributed by atoms with van der Waals surface area (Å²) in [7, 11) is 0. The van der Waals surface area contributed by atoms with Gasteiger partial charge < -0.3 is 10.5 Å². The average Bonchev–Trinajstić information content (AvgIpc) is 2.43. The average molecular weight is 271 g/mol. The quantitative estimate of drug-likeness (QED) is 0.579. The molecule has 0 aliphatic carbocycles. The molecule has 0 aromatic carbocycles. The summed E-state index contributed by atoms with van der Waals surface area (Å²) < 4.78 is 5.23. The van der Waals surface area contributed by atoms with E-state index in [1.807, 2.05) is 6.92 Å². The molecule has 0 aromatic rings. The van der Waals surface area contributed by atoms with Crippen LogP contribution in [0.1, 0.15) is 58.8 Å². The Morgan fingerprint density at radius 2 is 1.68 bits per heavy atom. The van der Waals surface area contributed by atoms with Gasteiger partial charge in [-0.25, -0.2) is 0 Å². The van der Waals surface area contributed by atoms with Crippen LogP contribution in [0.5, 0.6) is 0 Å². The van der Waals surface area contributed by atoms with Crippen LogP contribution >= 0.6 is 0 Å². The molecule has 0 fully saturated rings. The SMILES string of the molecule is CCC(=O)OC(CC)CCCC(=O)CCC(=O)CN. The number of esters is 1. The summed E-state index contributed by atoms with van der Waals surface area (Å²) in [4.78, 5) is 33.6. The highest BCUT2D eigenvalue weighted by Crippen LogP contribution is 2.11. The highest BCUT2D eigenvalue weighted by atomic mass is 16.5. The van der Waals surface area contributed by atoms with Gasteiger partial charge >= 0.3 is 5.97 Å². The number of nitrogens with two attached hydrogens (primary N) is 1. The largest absolute Gasteiger partial charge is 0.462 e. The van der Waals surface area contributed by atoms with Gasteiger partial charge in [-0.15, -0.1) is 0 Å². The van der Waals surface area contributed by atoms with Crippen molar-refractivity contribution in [3.05, 3.63) is 0 Å². The summed E-state index contributed by atoms with van der Waals surface area (Å²) >= 11 is 0. The van der Waals surface area contributed by atoms with E-state index >= 15 is 0 Å². The zero-order valence-electron chi connectivity index (χ0n) is 11.9. The van der Waals surface area contributed by atoms with Crippen molar-refractivity contribution in [1.82, 2.24) is 0 Å². The van der Waals surface area contributed by atoms with Gasteiger partial charge in [0.15, 0.2) is 0 Å². The highest BCUT2D eigenvalue weighted by Gasteiger charge is 2.12. The molecule has 5 nitrogen and oxygen atoms in total. The van der Waals surface area contributed by atoms with E-state index in [9.17, 15) is 14.4 Å². The maximum absolute atomic E-state index is 11.5. The third kappa shape index (κ3) is 9.36. The number of carbonyl (C=O) groups excluding carboxylic acids is 3. The van der Waals surface area contributed by atoms with Crippen LogP contribution < -0.4 is 5.73 Å². The Bertz CT molecular complexity index is 302. The predicted molar refractivity (Wildman–Crippen MR) is 72.6 cm³/mol. The maximum Gasteiger partial charge on any atom is 0.305 e. The van der Waals surface area contributed by atoms with E-state index in [-0.39, 0.29) is 43.0 Å². The molecule has 0 spiro atoms. The topological polar surface area (TPSA) is 86.5 Å². The first-order valence-electron chi connectivity index (χ1n) is 6.96. The van der Waals surface area contributed by atoms with E-state index in [0.717, 1.165) is 6.42 Å². The van der Waals surface area contributed by atoms with Gasteiger partial charge in [0.05, 0.1) is 6.54 Å². The van der Waals surface area contributed by atoms with Gasteiger partial charge in [-0.05, 0) is 19.3 Å². The Hall–Kier alpha value is -1.23. The van der Waals surface area contributed by atoms with Gasteiger partial charge in [0.25, 0.3) is 0 Å². The molecule has 0 saturated heterocycles. The lowest BCUT2D eigenvalue weighted by Gasteiger charge is -2.15. The fourth-order valence-corrected chi connectivity index (χ4v) is 1.65. The molecule has 1 unspecified atom stereocenters. The highest BCUT2D eigenvalue weighted by molar-refractivity contribution is 5.86. The van der Waals surface area contributed by atoms with Gasteiger partial charge in [-0.2, -0.15) is 0 Å². The normalized spacial score (nSPS) is 11.9. The monoisotopic (exact) mass is 271 g/mol. The van der Waals surface area contributed by atoms with Crippen molar-refractivity contribution in [2.45, 2.75) is 64.9 Å². The molecule has 5 heteroatoms. The van der Waals surface area contributed by atoms with E-state index in [1.165, 1.54) is 0 Å². The van der Waals surface area contributed by atoms with Crippen LogP contribution in [0.4, 0.5) is 0 Å². The van der Waals surface area contributed by atoms with E-state index in [2.05, 4.69) is 0 Å². The van der Waals surface area contributed by atoms with Crippen molar-refractivity contribution >= 4 is 17.5 Å². The lowest BCUT2D eigenvalue weighted by atomic mass is 10.0. The zero-order chi connectivity index (χ0) is 14.7. The predicted octanol–water partition coefficient (Wildman–Crippen LogP) is 1.77. The summed E-state index contributed by atoms with van der Waals surface area (Å²) in [5.74, 6) is -0.221. The number of ether oxygens (including phenoxy) is 1. The smallest absolute Gasteiger partial charge is 0.305 e. The fraction of sp³-hybridized carbons (Fsp3) is 0.786. The minimum atomic E-state index is -0.202. The van der Waals surface area contributed by atoms with Crippen LogP contribution in [0.3, 0.4) is 0 Å². The molecular formula is C14H25NO4. The Kier molecular flexibility index (Phi) is 9.98. The van der Waals surface area contributed by atoms with Crippen LogP contribution in [0.15, 0.2) is 0 Å². The summed E-state index contributed by atoms with van der Waals surface area (Å²) in [6, 6.07) is 0. The molecule has 110 valence electrons. The second-order valence-electron chi connectivity index (χ2n) is 4.55. The van der Waals surface area contributed by atoms with E-state index in [1.54, 1.807) is 6.92 Å². The van der Waals surface area contributed by atoms with Gasteiger partial charge in [0, 0.05) is 25.7 Å². The number of hydrogen-bond acceptors (Lipinski definition) is 5. The number of Topliss-reactive ketones (excluding diaryl/α,β-unsaturated/α-hetero) is 2. The number of carbonyl (C=O) groups is 3. The summed E-state index contributed by atoms with van der Waals surface area (Å²) in [6.07, 6.45) is 3.33. The van der Waals surface area contributed by atoms with Gasteiger partial charge in [-0.3, -0.25) is 14.4 Å². The van der Waals surface area contributed by atoms with Gasteiger partial charge in [-0.1, -0.05) is 13.8 Å². The minimum Gasteiger partial charge on any atom is -0.462 e. The molecule has 0 bridgehead atoms. The molecular weight excluding hydrogens is 246 g/mol.